The topological polar surface area (TPSA) is 111 Å². The van der Waals surface area contributed by atoms with E-state index in [-0.39, 0.29) is 26.1 Å². The van der Waals surface area contributed by atoms with Crippen molar-refractivity contribution >= 4 is 19.8 Å². The van der Waals surface area contributed by atoms with Crippen molar-refractivity contribution in [1.29, 1.82) is 0 Å². The number of likely N-dealkylation sites (N-methyl/N-ethyl adjacent to an activating group) is 1. The quantitative estimate of drug-likeness (QED) is 0.0196. The molecule has 0 bridgehead atoms. The Kier molecular flexibility index (Phi) is 40.8. The number of carbonyl (C=O) groups is 2. The summed E-state index contributed by atoms with van der Waals surface area (Å²) in [7, 11) is 1.15. The van der Waals surface area contributed by atoms with Crippen LogP contribution in [-0.4, -0.2) is 70.0 Å². The molecule has 2 atom stereocenters. The molecular formula is C50H92NO8P. The van der Waals surface area contributed by atoms with E-state index in [1.807, 2.05) is 51.5 Å². The number of rotatable bonds is 44. The highest BCUT2D eigenvalue weighted by Crippen LogP contribution is 2.38. The number of allylic oxidation sites excluding steroid dienone is 8. The highest BCUT2D eigenvalue weighted by atomic mass is 31.2. The van der Waals surface area contributed by atoms with Gasteiger partial charge in [0, 0.05) is 12.8 Å². The molecule has 0 saturated heterocycles. The highest BCUT2D eigenvalue weighted by Gasteiger charge is 2.21. The van der Waals surface area contributed by atoms with Crippen LogP contribution < -0.4 is 4.89 Å². The molecule has 0 saturated carbocycles. The Morgan fingerprint density at radius 3 is 1.42 bits per heavy atom. The lowest BCUT2D eigenvalue weighted by Crippen LogP contribution is -2.37. The van der Waals surface area contributed by atoms with Crippen molar-refractivity contribution in [2.45, 2.75) is 213 Å². The lowest BCUT2D eigenvalue weighted by atomic mass is 10.0. The smallest absolute Gasteiger partial charge is 0.306 e. The van der Waals surface area contributed by atoms with Gasteiger partial charge in [0.2, 0.25) is 0 Å². The number of phosphoric acid groups is 1. The van der Waals surface area contributed by atoms with Crippen molar-refractivity contribution < 1.29 is 42.1 Å². The van der Waals surface area contributed by atoms with E-state index in [4.69, 9.17) is 18.5 Å². The molecule has 0 amide bonds. The Morgan fingerprint density at radius 1 is 0.533 bits per heavy atom. The molecule has 0 spiro atoms. The number of phosphoric ester groups is 1. The van der Waals surface area contributed by atoms with Gasteiger partial charge in [-0.15, -0.1) is 0 Å². The zero-order chi connectivity index (χ0) is 44.3. The number of esters is 2. The molecule has 0 fully saturated rings. The van der Waals surface area contributed by atoms with E-state index in [0.717, 1.165) is 57.8 Å². The van der Waals surface area contributed by atoms with Gasteiger partial charge in [-0.3, -0.25) is 14.2 Å². The van der Waals surface area contributed by atoms with Gasteiger partial charge in [-0.25, -0.2) is 0 Å². The molecule has 0 aromatic carbocycles. The average Bonchev–Trinajstić information content (AvgIpc) is 3.20. The highest BCUT2D eigenvalue weighted by molar-refractivity contribution is 7.45. The maximum atomic E-state index is 12.7. The van der Waals surface area contributed by atoms with Crippen LogP contribution in [-0.2, 0) is 32.7 Å². The molecule has 60 heavy (non-hydrogen) atoms. The van der Waals surface area contributed by atoms with E-state index in [2.05, 4.69) is 32.1 Å². The number of hydrogen-bond acceptors (Lipinski definition) is 8. The summed E-state index contributed by atoms with van der Waals surface area (Å²) in [6.45, 7) is 4.08. The van der Waals surface area contributed by atoms with Gasteiger partial charge >= 0.3 is 11.9 Å². The van der Waals surface area contributed by atoms with Crippen molar-refractivity contribution in [1.82, 2.24) is 0 Å². The largest absolute Gasteiger partial charge is 0.756 e. The summed E-state index contributed by atoms with van der Waals surface area (Å²) < 4.78 is 34.0. The summed E-state index contributed by atoms with van der Waals surface area (Å²) in [6.07, 6.45) is 50.0. The number of quaternary nitrogens is 1. The number of unbranched alkanes of at least 4 members (excludes halogenated alkanes) is 25. The summed E-state index contributed by atoms with van der Waals surface area (Å²) in [4.78, 5) is 37.6. The molecule has 0 N–H and O–H groups in total. The maximum Gasteiger partial charge on any atom is 0.306 e. The first-order valence-corrected chi connectivity index (χ1v) is 25.9. The molecule has 0 aromatic rings. The second kappa shape index (κ2) is 42.3. The molecule has 0 aliphatic heterocycles. The van der Waals surface area contributed by atoms with Crippen LogP contribution in [0.25, 0.3) is 0 Å². The van der Waals surface area contributed by atoms with Gasteiger partial charge in [0.15, 0.2) is 6.10 Å². The summed E-state index contributed by atoms with van der Waals surface area (Å²) in [5.41, 5.74) is 0. The third-order valence-corrected chi connectivity index (χ3v) is 11.4. The molecule has 0 aliphatic rings. The van der Waals surface area contributed by atoms with Crippen LogP contribution in [0.5, 0.6) is 0 Å². The van der Waals surface area contributed by atoms with Crippen molar-refractivity contribution in [2.75, 3.05) is 47.5 Å². The van der Waals surface area contributed by atoms with Gasteiger partial charge in [-0.05, 0) is 32.1 Å². The molecule has 0 radical (unpaired) electrons. The summed E-state index contributed by atoms with van der Waals surface area (Å²) >= 11 is 0. The average molecular weight is 866 g/mol. The van der Waals surface area contributed by atoms with Crippen molar-refractivity contribution in [3.05, 3.63) is 48.6 Å². The van der Waals surface area contributed by atoms with Crippen LogP contribution in [0.15, 0.2) is 48.6 Å². The number of carbonyl (C=O) groups excluding carboxylic acids is 2. The first kappa shape index (κ1) is 58.0. The molecule has 9 nitrogen and oxygen atoms in total. The van der Waals surface area contributed by atoms with Gasteiger partial charge in [-0.2, -0.15) is 0 Å². The van der Waals surface area contributed by atoms with E-state index < -0.39 is 32.5 Å². The SMILES string of the molecule is CC/C=C/C=C/C=C/C=C/CCCCCCCC(=O)OC[C@H](COP(=O)([O-])OCC[N+](C)(C)C)OC(=O)CCCCCCCCCCCCCCCCCCCCCCC. The summed E-state index contributed by atoms with van der Waals surface area (Å²) in [5.74, 6) is -0.856. The van der Waals surface area contributed by atoms with Crippen LogP contribution >= 0.6 is 7.82 Å². The Hall–Kier alpha value is -2.03. The van der Waals surface area contributed by atoms with Crippen molar-refractivity contribution in [3.8, 4) is 0 Å². The fraction of sp³-hybridized carbons (Fsp3) is 0.800. The third-order valence-electron chi connectivity index (χ3n) is 10.5. The number of nitrogens with zero attached hydrogens (tertiary/aromatic N) is 1. The fourth-order valence-corrected chi connectivity index (χ4v) is 7.40. The molecule has 0 aromatic heterocycles. The standard InChI is InChI=1S/C50H92NO8P/c1-6-8-10-12-14-16-18-20-22-23-24-25-26-27-29-31-33-35-37-39-41-43-50(53)59-48(47-58-60(54,55)57-45-44-51(3,4)5)46-56-49(52)42-40-38-36-34-32-30-28-21-19-17-15-13-11-9-7-2/h9,11,13,15,17,19,21,28,48H,6-8,10,12,14,16,18,20,22-27,29-47H2,1-5H3/b11-9+,15-13+,19-17+,28-21+/t48-/m1/s1. The predicted octanol–water partition coefficient (Wildman–Crippen LogP) is 13.6. The van der Waals surface area contributed by atoms with Crippen molar-refractivity contribution in [2.24, 2.45) is 0 Å². The minimum Gasteiger partial charge on any atom is -0.756 e. The van der Waals surface area contributed by atoms with Crippen LogP contribution in [0.2, 0.25) is 0 Å². The minimum atomic E-state index is -4.63. The van der Waals surface area contributed by atoms with E-state index >= 15 is 0 Å². The number of hydrogen-bond donors (Lipinski definition) is 0. The molecular weight excluding hydrogens is 774 g/mol. The zero-order valence-electron chi connectivity index (χ0n) is 39.4. The number of ether oxygens (including phenoxy) is 2. The Balaban J connectivity index is 4.27. The van der Waals surface area contributed by atoms with E-state index in [1.165, 1.54) is 109 Å². The fourth-order valence-electron chi connectivity index (χ4n) is 6.67. The van der Waals surface area contributed by atoms with Crippen LogP contribution in [0.3, 0.4) is 0 Å². The molecule has 0 aliphatic carbocycles. The Labute approximate surface area is 369 Å². The first-order valence-electron chi connectivity index (χ1n) is 24.4. The zero-order valence-corrected chi connectivity index (χ0v) is 40.3. The van der Waals surface area contributed by atoms with Crippen LogP contribution in [0.1, 0.15) is 206 Å². The Morgan fingerprint density at radius 2 is 0.950 bits per heavy atom. The second-order valence-corrected chi connectivity index (χ2v) is 19.0. The Bertz CT molecular complexity index is 1160. The minimum absolute atomic E-state index is 0.0352. The third kappa shape index (κ3) is 45.5. The van der Waals surface area contributed by atoms with E-state index in [9.17, 15) is 19.0 Å². The van der Waals surface area contributed by atoms with Gasteiger partial charge in [-0.1, -0.05) is 210 Å². The van der Waals surface area contributed by atoms with Crippen LogP contribution in [0, 0.1) is 0 Å². The maximum absolute atomic E-state index is 12.7. The summed E-state index contributed by atoms with van der Waals surface area (Å²) in [6, 6.07) is 0. The lowest BCUT2D eigenvalue weighted by Gasteiger charge is -2.28. The predicted molar refractivity (Wildman–Crippen MR) is 250 cm³/mol. The normalized spacial score (nSPS) is 13.9. The molecule has 1 unspecified atom stereocenters. The van der Waals surface area contributed by atoms with E-state index in [1.54, 1.807) is 0 Å². The molecule has 350 valence electrons. The molecule has 0 heterocycles. The van der Waals surface area contributed by atoms with Gasteiger partial charge in [0.25, 0.3) is 7.82 Å². The summed E-state index contributed by atoms with van der Waals surface area (Å²) in [5, 5.41) is 0. The van der Waals surface area contributed by atoms with Crippen molar-refractivity contribution in [3.63, 3.8) is 0 Å². The van der Waals surface area contributed by atoms with E-state index in [0.29, 0.717) is 23.9 Å². The molecule has 10 heteroatoms. The second-order valence-electron chi connectivity index (χ2n) is 17.5. The lowest BCUT2D eigenvalue weighted by molar-refractivity contribution is -0.870. The van der Waals surface area contributed by atoms with Gasteiger partial charge in [0.1, 0.15) is 19.8 Å². The first-order chi connectivity index (χ1) is 29.0. The van der Waals surface area contributed by atoms with Gasteiger partial charge in [0.05, 0.1) is 27.7 Å². The van der Waals surface area contributed by atoms with Gasteiger partial charge < -0.3 is 27.9 Å². The van der Waals surface area contributed by atoms with Crippen LogP contribution in [0.4, 0.5) is 0 Å². The molecule has 0 rings (SSSR count). The monoisotopic (exact) mass is 866 g/mol.